The van der Waals surface area contributed by atoms with Crippen LogP contribution < -0.4 is 20.1 Å². The molecular formula is C32H41N5O6S. The van der Waals surface area contributed by atoms with Crippen molar-refractivity contribution < 1.29 is 27.5 Å². The van der Waals surface area contributed by atoms with Crippen LogP contribution in [0.5, 0.6) is 5.88 Å². The van der Waals surface area contributed by atoms with Gasteiger partial charge in [-0.1, -0.05) is 30.7 Å². The molecule has 2 fully saturated rings. The second-order valence-electron chi connectivity index (χ2n) is 11.8. The predicted octanol–water partition coefficient (Wildman–Crippen LogP) is 2.74. The van der Waals surface area contributed by atoms with Gasteiger partial charge in [0.2, 0.25) is 27.7 Å². The lowest BCUT2D eigenvalue weighted by Gasteiger charge is -2.26. The SMILES string of the molecule is C=CCC(NC(=O)[C@@H]1C[C@@H]2CN1C(=O)CNCCCCC/C=C\c1cc3c(nccc3cc1C)O2)C(=O)NS(=O)(=O)C1CC1. The van der Waals surface area contributed by atoms with Crippen LogP contribution in [0.4, 0.5) is 0 Å². The molecule has 3 heterocycles. The molecule has 0 spiro atoms. The number of carbonyl (C=O) groups excluding carboxylic acids is 3. The summed E-state index contributed by atoms with van der Waals surface area (Å²) in [7, 11) is -3.80. The molecule has 1 aliphatic carbocycles. The molecule has 0 radical (unpaired) electrons. The summed E-state index contributed by atoms with van der Waals surface area (Å²) >= 11 is 0. The van der Waals surface area contributed by atoms with Crippen molar-refractivity contribution in [2.45, 2.75) is 81.7 Å². The average molecular weight is 624 g/mol. The van der Waals surface area contributed by atoms with Gasteiger partial charge < -0.3 is 20.3 Å². The number of aryl methyl sites for hydroxylation is 1. The van der Waals surface area contributed by atoms with Crippen molar-refractivity contribution in [1.29, 1.82) is 0 Å². The van der Waals surface area contributed by atoms with E-state index in [4.69, 9.17) is 4.74 Å². The minimum absolute atomic E-state index is 0.0238. The first-order chi connectivity index (χ1) is 21.2. The largest absolute Gasteiger partial charge is 0.472 e. The number of ether oxygens (including phenoxy) is 1. The van der Waals surface area contributed by atoms with Crippen LogP contribution in [-0.4, -0.2) is 79.1 Å². The second kappa shape index (κ2) is 13.9. The number of pyridine rings is 1. The Morgan fingerprint density at radius 1 is 1.25 bits per heavy atom. The van der Waals surface area contributed by atoms with E-state index in [1.807, 2.05) is 6.07 Å². The van der Waals surface area contributed by atoms with Gasteiger partial charge in [0.05, 0.1) is 18.3 Å². The standard InChI is InChI=1S/C32H41N5O6S/c1-3-9-27(30(39)36-44(41,42)25-11-12-25)35-31(40)28-18-24-20-37(28)29(38)19-33-14-8-6-4-5-7-10-22-17-26-23(16-21(22)2)13-15-34-32(26)43-24/h3,7,10,13,15-17,24-25,27-28,33H,1,4-6,8-9,11-12,14,18-20H2,2H3,(H,35,40)(H,36,39)/b10-7-/t24-,27?,28+/m1/s1. The van der Waals surface area contributed by atoms with Gasteiger partial charge in [0, 0.05) is 18.0 Å². The van der Waals surface area contributed by atoms with Gasteiger partial charge >= 0.3 is 0 Å². The molecule has 1 unspecified atom stereocenters. The van der Waals surface area contributed by atoms with Gasteiger partial charge in [0.15, 0.2) is 0 Å². The molecule has 1 saturated heterocycles. The molecule has 1 saturated carbocycles. The maximum atomic E-state index is 13.6. The van der Waals surface area contributed by atoms with Gasteiger partial charge in [0.25, 0.3) is 5.91 Å². The number of carbonyl (C=O) groups is 3. The van der Waals surface area contributed by atoms with Crippen LogP contribution in [0.1, 0.15) is 62.5 Å². The number of sulfonamides is 1. The number of rotatable bonds is 7. The maximum absolute atomic E-state index is 13.6. The van der Waals surface area contributed by atoms with Gasteiger partial charge in [-0.2, -0.15) is 0 Å². The van der Waals surface area contributed by atoms with Crippen LogP contribution in [0, 0.1) is 6.92 Å². The van der Waals surface area contributed by atoms with E-state index in [0.717, 1.165) is 47.6 Å². The van der Waals surface area contributed by atoms with Crippen molar-refractivity contribution in [1.82, 2.24) is 25.2 Å². The molecule has 4 bridgehead atoms. The molecule has 1 aromatic heterocycles. The van der Waals surface area contributed by atoms with Crippen LogP contribution in [-0.2, 0) is 24.4 Å². The molecule has 236 valence electrons. The number of fused-ring (bicyclic) bond motifs is 3. The molecular weight excluding hydrogens is 582 g/mol. The molecule has 3 atom stereocenters. The van der Waals surface area contributed by atoms with Crippen molar-refractivity contribution in [3.63, 3.8) is 0 Å². The zero-order chi connectivity index (χ0) is 31.3. The number of hydrogen-bond acceptors (Lipinski definition) is 8. The lowest BCUT2D eigenvalue weighted by Crippen LogP contribution is -2.54. The van der Waals surface area contributed by atoms with E-state index in [-0.39, 0.29) is 31.8 Å². The lowest BCUT2D eigenvalue weighted by atomic mass is 10.0. The predicted molar refractivity (Wildman–Crippen MR) is 168 cm³/mol. The second-order valence-corrected chi connectivity index (χ2v) is 13.8. The smallest absolute Gasteiger partial charge is 0.256 e. The third-order valence-corrected chi connectivity index (χ3v) is 10.2. The number of hydrogen-bond donors (Lipinski definition) is 3. The highest BCUT2D eigenvalue weighted by atomic mass is 32.2. The fraction of sp³-hybridized carbons (Fsp3) is 0.500. The van der Waals surface area contributed by atoms with Crippen LogP contribution in [0.25, 0.3) is 16.8 Å². The fourth-order valence-corrected chi connectivity index (χ4v) is 7.04. The molecule has 3 aliphatic rings. The summed E-state index contributed by atoms with van der Waals surface area (Å²) in [6, 6.07) is 4.00. The Morgan fingerprint density at radius 3 is 2.84 bits per heavy atom. The number of benzene rings is 1. The van der Waals surface area contributed by atoms with Gasteiger partial charge in [0.1, 0.15) is 18.2 Å². The Hall–Kier alpha value is -3.77. The van der Waals surface area contributed by atoms with Gasteiger partial charge in [-0.25, -0.2) is 13.4 Å². The van der Waals surface area contributed by atoms with E-state index in [1.165, 1.54) is 11.0 Å². The number of amides is 3. The molecule has 3 N–H and O–H groups in total. The first-order valence-electron chi connectivity index (χ1n) is 15.4. The van der Waals surface area contributed by atoms with E-state index >= 15 is 0 Å². The Bertz CT molecular complexity index is 1550. The zero-order valence-electron chi connectivity index (χ0n) is 25.1. The van der Waals surface area contributed by atoms with Crippen molar-refractivity contribution in [2.24, 2.45) is 0 Å². The summed E-state index contributed by atoms with van der Waals surface area (Å²) in [6.45, 7) is 6.61. The van der Waals surface area contributed by atoms with Crippen molar-refractivity contribution in [2.75, 3.05) is 19.6 Å². The van der Waals surface area contributed by atoms with E-state index in [0.29, 0.717) is 25.3 Å². The highest BCUT2D eigenvalue weighted by Gasteiger charge is 2.43. The Kier molecular flexibility index (Phi) is 10.00. The number of allylic oxidation sites excluding steroid dienone is 1. The van der Waals surface area contributed by atoms with Crippen LogP contribution in [0.3, 0.4) is 0 Å². The molecule has 2 aromatic rings. The van der Waals surface area contributed by atoms with Crippen molar-refractivity contribution in [3.8, 4) is 5.88 Å². The van der Waals surface area contributed by atoms with Crippen molar-refractivity contribution >= 4 is 44.6 Å². The summed E-state index contributed by atoms with van der Waals surface area (Å²) in [5.41, 5.74) is 2.22. The van der Waals surface area contributed by atoms with Crippen molar-refractivity contribution in [3.05, 3.63) is 54.3 Å². The Morgan fingerprint density at radius 2 is 2.07 bits per heavy atom. The first kappa shape index (κ1) is 31.6. The number of nitrogens with zero attached hydrogens (tertiary/aromatic N) is 2. The summed E-state index contributed by atoms with van der Waals surface area (Å²) in [6.07, 6.45) is 12.0. The third-order valence-electron chi connectivity index (χ3n) is 8.32. The van der Waals surface area contributed by atoms with Crippen LogP contribution >= 0.6 is 0 Å². The van der Waals surface area contributed by atoms with Gasteiger partial charge in [-0.15, -0.1) is 6.58 Å². The van der Waals surface area contributed by atoms with Crippen LogP contribution in [0.15, 0.2) is 43.1 Å². The molecule has 5 rings (SSSR count). The molecule has 3 amide bonds. The molecule has 12 heteroatoms. The highest BCUT2D eigenvalue weighted by Crippen LogP contribution is 2.31. The van der Waals surface area contributed by atoms with E-state index in [9.17, 15) is 22.8 Å². The summed E-state index contributed by atoms with van der Waals surface area (Å²) < 4.78 is 33.2. The molecule has 44 heavy (non-hydrogen) atoms. The Labute approximate surface area is 258 Å². The van der Waals surface area contributed by atoms with E-state index < -0.39 is 45.3 Å². The van der Waals surface area contributed by atoms with Gasteiger partial charge in [-0.05, 0) is 80.6 Å². The fourth-order valence-electron chi connectivity index (χ4n) is 5.70. The molecule has 2 aliphatic heterocycles. The number of aromatic nitrogens is 1. The average Bonchev–Trinajstić information content (AvgIpc) is 3.77. The Balaban J connectivity index is 1.39. The minimum Gasteiger partial charge on any atom is -0.472 e. The third kappa shape index (κ3) is 7.65. The van der Waals surface area contributed by atoms with Gasteiger partial charge in [-0.3, -0.25) is 19.1 Å². The molecule has 1 aromatic carbocycles. The number of nitrogens with one attached hydrogen (secondary N) is 3. The minimum atomic E-state index is -3.80. The quantitative estimate of drug-likeness (QED) is 0.399. The lowest BCUT2D eigenvalue weighted by molar-refractivity contribution is -0.138. The van der Waals surface area contributed by atoms with E-state index in [2.05, 4.69) is 58.1 Å². The normalized spacial score (nSPS) is 22.8. The summed E-state index contributed by atoms with van der Waals surface area (Å²) in [5, 5.41) is 7.09. The first-order valence-corrected chi connectivity index (χ1v) is 16.9. The topological polar surface area (TPSA) is 147 Å². The molecule has 11 nitrogen and oxygen atoms in total. The zero-order valence-corrected chi connectivity index (χ0v) is 25.9. The maximum Gasteiger partial charge on any atom is 0.256 e. The van der Waals surface area contributed by atoms with Crippen LogP contribution in [0.2, 0.25) is 0 Å². The monoisotopic (exact) mass is 623 g/mol. The van der Waals surface area contributed by atoms with E-state index in [1.54, 1.807) is 6.20 Å². The highest BCUT2D eigenvalue weighted by molar-refractivity contribution is 7.90. The summed E-state index contributed by atoms with van der Waals surface area (Å²) in [4.78, 5) is 45.9. The summed E-state index contributed by atoms with van der Waals surface area (Å²) in [5.74, 6) is -1.22.